The van der Waals surface area contributed by atoms with Gasteiger partial charge in [0.05, 0.1) is 6.17 Å². The van der Waals surface area contributed by atoms with Crippen molar-refractivity contribution in [2.45, 2.75) is 57.2 Å². The van der Waals surface area contributed by atoms with Gasteiger partial charge in [-0.05, 0) is 95.0 Å². The van der Waals surface area contributed by atoms with Crippen LogP contribution in [0, 0.1) is 0 Å². The van der Waals surface area contributed by atoms with Gasteiger partial charge in [-0.25, -0.2) is 0 Å². The highest BCUT2D eigenvalue weighted by atomic mass is 15.3. The van der Waals surface area contributed by atoms with E-state index >= 15 is 0 Å². The molecule has 0 bridgehead atoms. The second-order valence-electron chi connectivity index (χ2n) is 7.61. The molecule has 0 aliphatic carbocycles. The van der Waals surface area contributed by atoms with E-state index in [1.54, 1.807) is 0 Å². The highest BCUT2D eigenvalue weighted by Crippen LogP contribution is 2.16. The van der Waals surface area contributed by atoms with Gasteiger partial charge in [-0.1, -0.05) is 12.8 Å². The molecule has 134 valence electrons. The fourth-order valence-corrected chi connectivity index (χ4v) is 3.16. The summed E-state index contributed by atoms with van der Waals surface area (Å²) in [5.74, 6) is 0. The predicted octanol–water partition coefficient (Wildman–Crippen LogP) is 2.66. The summed E-state index contributed by atoms with van der Waals surface area (Å²) in [6.45, 7) is 1.22. The molecule has 0 saturated carbocycles. The fourth-order valence-electron chi connectivity index (χ4n) is 3.16. The van der Waals surface area contributed by atoms with Crippen LogP contribution in [0.3, 0.4) is 0 Å². The molecule has 4 heteroatoms. The van der Waals surface area contributed by atoms with Crippen molar-refractivity contribution in [3.05, 3.63) is 0 Å². The number of unbranched alkanes of at least 4 members (excludes halogenated alkanes) is 2. The van der Waals surface area contributed by atoms with Crippen molar-refractivity contribution in [2.75, 3.05) is 62.9 Å². The summed E-state index contributed by atoms with van der Waals surface area (Å²) >= 11 is 0. The molecule has 4 nitrogen and oxygen atoms in total. The SMILES string of the molecule is CN(C)CCCCCC(CCCC(N(C)C)N(C)C)N(C)C. The van der Waals surface area contributed by atoms with E-state index in [1.807, 2.05) is 0 Å². The number of rotatable bonds is 13. The molecule has 0 aliphatic heterocycles. The molecule has 0 saturated heterocycles. The first-order valence-electron chi connectivity index (χ1n) is 8.89. The summed E-state index contributed by atoms with van der Waals surface area (Å²) in [4.78, 5) is 9.36. The van der Waals surface area contributed by atoms with E-state index in [0.29, 0.717) is 6.17 Å². The normalized spacial score (nSPS) is 14.0. The van der Waals surface area contributed by atoms with Crippen LogP contribution in [-0.2, 0) is 0 Å². The van der Waals surface area contributed by atoms with E-state index in [1.165, 1.54) is 51.5 Å². The van der Waals surface area contributed by atoms with Crippen LogP contribution in [0.4, 0.5) is 0 Å². The van der Waals surface area contributed by atoms with Crippen LogP contribution in [-0.4, -0.2) is 94.7 Å². The quantitative estimate of drug-likeness (QED) is 0.383. The molecule has 0 aromatic rings. The van der Waals surface area contributed by atoms with Gasteiger partial charge in [0.1, 0.15) is 0 Å². The first-order valence-corrected chi connectivity index (χ1v) is 8.89. The lowest BCUT2D eigenvalue weighted by molar-refractivity contribution is 0.113. The van der Waals surface area contributed by atoms with Gasteiger partial charge in [0.2, 0.25) is 0 Å². The summed E-state index contributed by atoms with van der Waals surface area (Å²) in [6.07, 6.45) is 9.83. The maximum Gasteiger partial charge on any atom is 0.0612 e. The molecule has 0 amide bonds. The topological polar surface area (TPSA) is 13.0 Å². The van der Waals surface area contributed by atoms with Gasteiger partial charge in [0, 0.05) is 6.04 Å². The highest BCUT2D eigenvalue weighted by Gasteiger charge is 2.16. The lowest BCUT2D eigenvalue weighted by atomic mass is 10.0. The molecule has 0 N–H and O–H groups in total. The van der Waals surface area contributed by atoms with Crippen LogP contribution in [0.5, 0.6) is 0 Å². The van der Waals surface area contributed by atoms with Gasteiger partial charge in [-0.3, -0.25) is 9.80 Å². The van der Waals surface area contributed by atoms with E-state index in [0.717, 1.165) is 6.04 Å². The maximum atomic E-state index is 2.42. The Bertz CT molecular complexity index is 243. The molecule has 0 fully saturated rings. The smallest absolute Gasteiger partial charge is 0.0612 e. The third-order valence-corrected chi connectivity index (χ3v) is 4.56. The molecule has 0 radical (unpaired) electrons. The summed E-state index contributed by atoms with van der Waals surface area (Å²) < 4.78 is 0. The Hall–Kier alpha value is -0.160. The fraction of sp³-hybridized carbons (Fsp3) is 1.00. The zero-order chi connectivity index (χ0) is 17.1. The van der Waals surface area contributed by atoms with Gasteiger partial charge in [0.25, 0.3) is 0 Å². The molecule has 0 heterocycles. The van der Waals surface area contributed by atoms with Crippen LogP contribution in [0.2, 0.25) is 0 Å². The predicted molar refractivity (Wildman–Crippen MR) is 99.5 cm³/mol. The maximum absolute atomic E-state index is 2.42. The first-order chi connectivity index (χ1) is 10.3. The van der Waals surface area contributed by atoms with Crippen molar-refractivity contribution in [3.8, 4) is 0 Å². The molecule has 0 rings (SSSR count). The van der Waals surface area contributed by atoms with Crippen LogP contribution < -0.4 is 0 Å². The van der Waals surface area contributed by atoms with Crippen molar-refractivity contribution < 1.29 is 0 Å². The molecule has 1 unspecified atom stereocenters. The number of hydrogen-bond donors (Lipinski definition) is 0. The number of nitrogens with zero attached hydrogens (tertiary/aromatic N) is 4. The zero-order valence-corrected chi connectivity index (χ0v) is 16.6. The Balaban J connectivity index is 3.99. The van der Waals surface area contributed by atoms with Crippen molar-refractivity contribution >= 4 is 0 Å². The van der Waals surface area contributed by atoms with Crippen molar-refractivity contribution in [3.63, 3.8) is 0 Å². The second kappa shape index (κ2) is 12.3. The summed E-state index contributed by atoms with van der Waals surface area (Å²) in [6, 6.07) is 0.740. The third-order valence-electron chi connectivity index (χ3n) is 4.56. The van der Waals surface area contributed by atoms with Gasteiger partial charge in [-0.2, -0.15) is 0 Å². The zero-order valence-electron chi connectivity index (χ0n) is 16.6. The molecular weight excluding hydrogens is 272 g/mol. The molecule has 0 spiro atoms. The Morgan fingerprint density at radius 2 is 1.09 bits per heavy atom. The van der Waals surface area contributed by atoms with E-state index in [-0.39, 0.29) is 0 Å². The minimum Gasteiger partial charge on any atom is -0.309 e. The highest BCUT2D eigenvalue weighted by molar-refractivity contribution is 4.70. The molecule has 0 aromatic carbocycles. The van der Waals surface area contributed by atoms with Gasteiger partial charge in [0.15, 0.2) is 0 Å². The standard InChI is InChI=1S/C18H42N4/c1-19(2)16-11-9-10-13-17(20(3)4)14-12-15-18(21(5)6)22(7)8/h17-18H,9-16H2,1-8H3. The summed E-state index contributed by atoms with van der Waals surface area (Å²) in [7, 11) is 17.5. The van der Waals surface area contributed by atoms with Crippen molar-refractivity contribution in [2.24, 2.45) is 0 Å². The van der Waals surface area contributed by atoms with E-state index in [9.17, 15) is 0 Å². The lowest BCUT2D eigenvalue weighted by Crippen LogP contribution is -2.40. The number of hydrogen-bond acceptors (Lipinski definition) is 4. The largest absolute Gasteiger partial charge is 0.309 e. The van der Waals surface area contributed by atoms with E-state index < -0.39 is 0 Å². The molecule has 0 aromatic heterocycles. The lowest BCUT2D eigenvalue weighted by Gasteiger charge is -2.31. The molecule has 0 aliphatic rings. The van der Waals surface area contributed by atoms with E-state index in [2.05, 4.69) is 76.0 Å². The Morgan fingerprint density at radius 3 is 1.55 bits per heavy atom. The van der Waals surface area contributed by atoms with Gasteiger partial charge >= 0.3 is 0 Å². The van der Waals surface area contributed by atoms with Gasteiger partial charge < -0.3 is 9.80 Å². The Morgan fingerprint density at radius 1 is 0.545 bits per heavy atom. The summed E-state index contributed by atoms with van der Waals surface area (Å²) in [5, 5.41) is 0. The first kappa shape index (κ1) is 21.8. The van der Waals surface area contributed by atoms with Crippen LogP contribution in [0.25, 0.3) is 0 Å². The van der Waals surface area contributed by atoms with Crippen LogP contribution in [0.1, 0.15) is 44.9 Å². The van der Waals surface area contributed by atoms with Gasteiger partial charge in [-0.15, -0.1) is 0 Å². The second-order valence-corrected chi connectivity index (χ2v) is 7.61. The molecular formula is C18H42N4. The van der Waals surface area contributed by atoms with Crippen LogP contribution in [0.15, 0.2) is 0 Å². The van der Waals surface area contributed by atoms with Crippen molar-refractivity contribution in [1.82, 2.24) is 19.6 Å². The minimum atomic E-state index is 0.558. The average Bonchev–Trinajstić information content (AvgIpc) is 2.38. The average molecular weight is 315 g/mol. The molecule has 1 atom stereocenters. The van der Waals surface area contributed by atoms with Crippen LogP contribution >= 0.6 is 0 Å². The Labute approximate surface area is 140 Å². The molecule has 22 heavy (non-hydrogen) atoms. The van der Waals surface area contributed by atoms with Crippen molar-refractivity contribution in [1.29, 1.82) is 0 Å². The monoisotopic (exact) mass is 314 g/mol. The Kier molecular flexibility index (Phi) is 12.2. The summed E-state index contributed by atoms with van der Waals surface area (Å²) in [5.41, 5.74) is 0. The minimum absolute atomic E-state index is 0.558. The third kappa shape index (κ3) is 10.5. The van der Waals surface area contributed by atoms with E-state index in [4.69, 9.17) is 0 Å².